The van der Waals surface area contributed by atoms with Gasteiger partial charge in [-0.25, -0.2) is 13.2 Å². The van der Waals surface area contributed by atoms with Gasteiger partial charge in [-0.3, -0.25) is 4.79 Å². The molecule has 0 unspecified atom stereocenters. The van der Waals surface area contributed by atoms with Crippen LogP contribution in [0.4, 0.5) is 4.79 Å². The summed E-state index contributed by atoms with van der Waals surface area (Å²) in [6.07, 6.45) is -0.696. The average Bonchev–Trinajstić information content (AvgIpc) is 3.11. The van der Waals surface area contributed by atoms with E-state index in [2.05, 4.69) is 10.3 Å². The highest BCUT2D eigenvalue weighted by atomic mass is 32.2. The molecule has 31 heavy (non-hydrogen) atoms. The Morgan fingerprint density at radius 3 is 2.52 bits per heavy atom. The van der Waals surface area contributed by atoms with Crippen LogP contribution in [0.25, 0.3) is 0 Å². The molecule has 1 aromatic carbocycles. The normalized spacial score (nSPS) is 23.5. The number of sulfone groups is 1. The number of carbonyl (C=O) groups excluding carboxylic acids is 2. The molecule has 2 heterocycles. The summed E-state index contributed by atoms with van der Waals surface area (Å²) in [6.45, 7) is 5.30. The van der Waals surface area contributed by atoms with Gasteiger partial charge in [0.2, 0.25) is 0 Å². The Morgan fingerprint density at radius 2 is 1.90 bits per heavy atom. The Labute approximate surface area is 186 Å². The lowest BCUT2D eigenvalue weighted by Gasteiger charge is -2.24. The van der Waals surface area contributed by atoms with Gasteiger partial charge < -0.3 is 19.7 Å². The molecule has 170 valence electrons. The van der Waals surface area contributed by atoms with E-state index < -0.39 is 27.4 Å². The van der Waals surface area contributed by atoms with Gasteiger partial charge >= 0.3 is 6.09 Å². The number of alkyl carbamates (subject to hydrolysis) is 1. The van der Waals surface area contributed by atoms with E-state index in [0.717, 1.165) is 11.3 Å². The minimum absolute atomic E-state index is 0.0319. The van der Waals surface area contributed by atoms with Crippen LogP contribution in [0.1, 0.15) is 26.3 Å². The number of nitrogens with one attached hydrogen (secondary N) is 1. The molecule has 2 fully saturated rings. The van der Waals surface area contributed by atoms with Crippen LogP contribution in [0.2, 0.25) is 0 Å². The lowest BCUT2D eigenvalue weighted by Crippen LogP contribution is -2.38. The first-order valence-corrected chi connectivity index (χ1v) is 12.5. The second-order valence-corrected chi connectivity index (χ2v) is 11.8. The van der Waals surface area contributed by atoms with Crippen LogP contribution >= 0.6 is 11.8 Å². The summed E-state index contributed by atoms with van der Waals surface area (Å²) in [6, 6.07) is 7.19. The molecule has 0 saturated carbocycles. The molecule has 2 amide bonds. The summed E-state index contributed by atoms with van der Waals surface area (Å²) in [5.41, 5.74) is 0.275. The van der Waals surface area contributed by atoms with Crippen molar-refractivity contribution in [2.45, 2.75) is 44.2 Å². The third kappa shape index (κ3) is 6.36. The van der Waals surface area contributed by atoms with Gasteiger partial charge in [-0.2, -0.15) is 4.99 Å². The summed E-state index contributed by atoms with van der Waals surface area (Å²) in [5, 5.41) is 2.69. The van der Waals surface area contributed by atoms with Crippen LogP contribution < -0.4 is 10.1 Å². The first kappa shape index (κ1) is 23.4. The average molecular weight is 470 g/mol. The molecule has 2 aliphatic rings. The van der Waals surface area contributed by atoms with Crippen molar-refractivity contribution >= 4 is 38.8 Å². The van der Waals surface area contributed by atoms with Crippen LogP contribution in [-0.4, -0.2) is 72.5 Å². The maximum atomic E-state index is 12.4. The SMILES string of the molecule is COc1ccc(CN2C(=NC(=O)CNC(=O)OC(C)(C)C)S[C@H]3CS(=O)(=O)C[C@H]32)cc1. The second kappa shape index (κ2) is 9.07. The number of aliphatic imine (C=N–C) groups is 1. The van der Waals surface area contributed by atoms with Crippen molar-refractivity contribution in [3.8, 4) is 5.75 Å². The zero-order valence-electron chi connectivity index (χ0n) is 18.0. The van der Waals surface area contributed by atoms with Crippen molar-refractivity contribution in [3.05, 3.63) is 29.8 Å². The summed E-state index contributed by atoms with van der Waals surface area (Å²) >= 11 is 1.30. The van der Waals surface area contributed by atoms with Crippen molar-refractivity contribution in [1.82, 2.24) is 10.2 Å². The minimum Gasteiger partial charge on any atom is -0.497 e. The summed E-state index contributed by atoms with van der Waals surface area (Å²) in [7, 11) is -1.54. The van der Waals surface area contributed by atoms with Crippen molar-refractivity contribution in [1.29, 1.82) is 0 Å². The topological polar surface area (TPSA) is 114 Å². The van der Waals surface area contributed by atoms with Gasteiger partial charge in [0, 0.05) is 11.8 Å². The Morgan fingerprint density at radius 1 is 1.23 bits per heavy atom. The molecule has 1 N–H and O–H groups in total. The van der Waals surface area contributed by atoms with Crippen LogP contribution in [-0.2, 0) is 25.9 Å². The molecule has 11 heteroatoms. The smallest absolute Gasteiger partial charge is 0.408 e. The molecule has 0 bridgehead atoms. The molecule has 2 saturated heterocycles. The van der Waals surface area contributed by atoms with Gasteiger partial charge in [0.15, 0.2) is 15.0 Å². The second-order valence-electron chi connectivity index (χ2n) is 8.42. The molecule has 1 aromatic rings. The number of fused-ring (bicyclic) bond motifs is 1. The van der Waals surface area contributed by atoms with Gasteiger partial charge in [0.25, 0.3) is 5.91 Å². The zero-order valence-corrected chi connectivity index (χ0v) is 19.6. The fourth-order valence-electron chi connectivity index (χ4n) is 3.36. The van der Waals surface area contributed by atoms with Crippen molar-refractivity contribution in [2.75, 3.05) is 25.2 Å². The van der Waals surface area contributed by atoms with Crippen molar-refractivity contribution in [2.24, 2.45) is 4.99 Å². The minimum atomic E-state index is -3.13. The monoisotopic (exact) mass is 469 g/mol. The molecule has 9 nitrogen and oxygen atoms in total. The first-order valence-electron chi connectivity index (χ1n) is 9.81. The van der Waals surface area contributed by atoms with Gasteiger partial charge in [0.05, 0.1) is 24.7 Å². The van der Waals surface area contributed by atoms with Gasteiger partial charge in [-0.1, -0.05) is 23.9 Å². The van der Waals surface area contributed by atoms with Gasteiger partial charge in [0.1, 0.15) is 17.9 Å². The summed E-state index contributed by atoms with van der Waals surface area (Å²) in [4.78, 5) is 30.2. The van der Waals surface area contributed by atoms with E-state index in [4.69, 9.17) is 9.47 Å². The predicted octanol–water partition coefficient (Wildman–Crippen LogP) is 1.82. The van der Waals surface area contributed by atoms with E-state index in [1.165, 1.54) is 11.8 Å². The van der Waals surface area contributed by atoms with E-state index in [9.17, 15) is 18.0 Å². The lowest BCUT2D eigenvalue weighted by molar-refractivity contribution is -0.117. The number of thioether (sulfide) groups is 1. The van der Waals surface area contributed by atoms with Crippen LogP contribution in [0, 0.1) is 0 Å². The van der Waals surface area contributed by atoms with Crippen molar-refractivity contribution in [3.63, 3.8) is 0 Å². The van der Waals surface area contributed by atoms with Crippen LogP contribution in [0.15, 0.2) is 29.3 Å². The lowest BCUT2D eigenvalue weighted by atomic mass is 10.1. The fourth-order valence-corrected chi connectivity index (χ4v) is 7.32. The number of amides is 2. The van der Waals surface area contributed by atoms with Crippen LogP contribution in [0.3, 0.4) is 0 Å². The molecular weight excluding hydrogens is 442 g/mol. The van der Waals surface area contributed by atoms with E-state index in [1.54, 1.807) is 27.9 Å². The van der Waals surface area contributed by atoms with Crippen LogP contribution in [0.5, 0.6) is 5.75 Å². The highest BCUT2D eigenvalue weighted by molar-refractivity contribution is 8.15. The maximum Gasteiger partial charge on any atom is 0.408 e. The Bertz CT molecular complexity index is 970. The first-order chi connectivity index (χ1) is 14.5. The highest BCUT2D eigenvalue weighted by Crippen LogP contribution is 2.39. The third-order valence-electron chi connectivity index (χ3n) is 4.69. The van der Waals surface area contributed by atoms with Gasteiger partial charge in [-0.15, -0.1) is 0 Å². The maximum absolute atomic E-state index is 12.4. The highest BCUT2D eigenvalue weighted by Gasteiger charge is 2.48. The van der Waals surface area contributed by atoms with Crippen molar-refractivity contribution < 1.29 is 27.5 Å². The number of hydrogen-bond acceptors (Lipinski definition) is 7. The van der Waals surface area contributed by atoms with Gasteiger partial charge in [-0.05, 0) is 38.5 Å². The molecule has 0 aromatic heterocycles. The number of rotatable bonds is 5. The van der Waals surface area contributed by atoms with E-state index in [-0.39, 0.29) is 29.3 Å². The standard InChI is InChI=1S/C20H27N3O6S2/c1-20(2,3)29-19(25)21-9-17(24)22-18-23(10-13-5-7-14(28-4)8-6-13)15-11-31(26,27)12-16(15)30-18/h5-8,15-16H,9-12H2,1-4H3,(H,21,25)/t15-,16+/m1/s1. The summed E-state index contributed by atoms with van der Waals surface area (Å²) in [5.74, 6) is 0.281. The number of benzene rings is 1. The largest absolute Gasteiger partial charge is 0.497 e. The fraction of sp³-hybridized carbons (Fsp3) is 0.550. The Hall–Kier alpha value is -2.27. The summed E-state index contributed by atoms with van der Waals surface area (Å²) < 4.78 is 34.5. The molecule has 2 atom stereocenters. The molecule has 0 aliphatic carbocycles. The zero-order chi connectivity index (χ0) is 22.8. The van der Waals surface area contributed by atoms with E-state index in [1.807, 2.05) is 29.2 Å². The number of amidine groups is 1. The number of nitrogens with zero attached hydrogens (tertiary/aromatic N) is 2. The molecule has 3 rings (SSSR count). The Kier molecular flexibility index (Phi) is 6.85. The van der Waals surface area contributed by atoms with E-state index >= 15 is 0 Å². The quantitative estimate of drug-likeness (QED) is 0.695. The number of hydrogen-bond donors (Lipinski definition) is 1. The number of ether oxygens (including phenoxy) is 2. The third-order valence-corrected chi connectivity index (χ3v) is 7.94. The molecular formula is C20H27N3O6S2. The molecule has 0 radical (unpaired) electrons. The predicted molar refractivity (Wildman–Crippen MR) is 119 cm³/mol. The number of carbonyl (C=O) groups is 2. The molecule has 0 spiro atoms. The van der Waals surface area contributed by atoms with E-state index in [0.29, 0.717) is 11.7 Å². The Balaban J connectivity index is 1.72. The number of methoxy groups -OCH3 is 1. The molecule has 2 aliphatic heterocycles.